The third-order valence-electron chi connectivity index (χ3n) is 6.56. The van der Waals surface area contributed by atoms with Gasteiger partial charge in [-0.25, -0.2) is 18.0 Å². The molecule has 1 aliphatic carbocycles. The van der Waals surface area contributed by atoms with Crippen LogP contribution in [0.25, 0.3) is 11.1 Å². The molecular formula is C28H27F3O3. The zero-order valence-electron chi connectivity index (χ0n) is 19.2. The highest BCUT2D eigenvalue weighted by Crippen LogP contribution is 2.38. The first-order valence-corrected chi connectivity index (χ1v) is 11.5. The molecule has 6 heteroatoms. The van der Waals surface area contributed by atoms with E-state index in [4.69, 9.17) is 9.47 Å². The minimum atomic E-state index is -0.836. The molecule has 178 valence electrons. The number of esters is 1. The van der Waals surface area contributed by atoms with Gasteiger partial charge in [-0.05, 0) is 72.9 Å². The zero-order valence-corrected chi connectivity index (χ0v) is 19.2. The van der Waals surface area contributed by atoms with E-state index in [0.717, 1.165) is 18.1 Å². The normalized spacial score (nSPS) is 17.9. The highest BCUT2D eigenvalue weighted by molar-refractivity contribution is 5.89. The Morgan fingerprint density at radius 1 is 0.912 bits per heavy atom. The molecule has 0 amide bonds. The Labute approximate surface area is 197 Å². The molecular weight excluding hydrogens is 441 g/mol. The summed E-state index contributed by atoms with van der Waals surface area (Å²) in [7, 11) is 1.35. The quantitative estimate of drug-likeness (QED) is 0.358. The van der Waals surface area contributed by atoms with Crippen LogP contribution in [0.2, 0.25) is 0 Å². The Hall–Kier alpha value is -3.28. The van der Waals surface area contributed by atoms with Gasteiger partial charge in [-0.15, -0.1) is 0 Å². The molecule has 0 unspecified atom stereocenters. The van der Waals surface area contributed by atoms with Crippen molar-refractivity contribution in [2.45, 2.75) is 51.0 Å². The fourth-order valence-electron chi connectivity index (χ4n) is 4.53. The van der Waals surface area contributed by atoms with Crippen molar-refractivity contribution < 1.29 is 27.4 Å². The summed E-state index contributed by atoms with van der Waals surface area (Å²) in [6.07, 6.45) is 2.71. The van der Waals surface area contributed by atoms with Crippen molar-refractivity contribution in [2.75, 3.05) is 7.11 Å². The number of rotatable bonds is 6. The maximum Gasteiger partial charge on any atom is 0.338 e. The predicted molar refractivity (Wildman–Crippen MR) is 125 cm³/mol. The van der Waals surface area contributed by atoms with Crippen molar-refractivity contribution in [3.8, 4) is 16.9 Å². The van der Waals surface area contributed by atoms with E-state index in [1.54, 1.807) is 12.1 Å². The molecule has 3 aromatic carbocycles. The molecule has 1 saturated carbocycles. The van der Waals surface area contributed by atoms with Gasteiger partial charge in [-0.2, -0.15) is 0 Å². The number of hydrogen-bond acceptors (Lipinski definition) is 3. The van der Waals surface area contributed by atoms with Crippen LogP contribution in [0.5, 0.6) is 5.75 Å². The lowest BCUT2D eigenvalue weighted by molar-refractivity contribution is 0.0193. The van der Waals surface area contributed by atoms with Crippen LogP contribution in [0, 0.1) is 17.5 Å². The van der Waals surface area contributed by atoms with Gasteiger partial charge in [0.15, 0.2) is 23.2 Å². The van der Waals surface area contributed by atoms with E-state index >= 15 is 0 Å². The van der Waals surface area contributed by atoms with Gasteiger partial charge in [-0.1, -0.05) is 43.3 Å². The fourth-order valence-corrected chi connectivity index (χ4v) is 4.53. The topological polar surface area (TPSA) is 35.5 Å². The van der Waals surface area contributed by atoms with Crippen LogP contribution in [0.15, 0.2) is 54.6 Å². The molecule has 0 N–H and O–H groups in total. The summed E-state index contributed by atoms with van der Waals surface area (Å²) in [6, 6.07) is 14.7. The summed E-state index contributed by atoms with van der Waals surface area (Å²) in [4.78, 5) is 12.4. The molecule has 0 saturated heterocycles. The maximum atomic E-state index is 15.0. The number of benzene rings is 3. The van der Waals surface area contributed by atoms with Gasteiger partial charge >= 0.3 is 5.97 Å². The molecule has 0 radical (unpaired) electrons. The zero-order chi connectivity index (χ0) is 24.2. The standard InChI is InChI=1S/C28H27F3O3/c1-3-17-4-6-18(7-5-17)22-13-14-23(27(31)26(22)30)19-8-11-21(12-9-19)34-28(32)20-10-15-25(33-2)24(29)16-20/h4-7,10,13-16,19,21H,3,8-9,11-12H2,1-2H3. The Balaban J connectivity index is 1.40. The van der Waals surface area contributed by atoms with Crippen LogP contribution < -0.4 is 4.74 Å². The van der Waals surface area contributed by atoms with Gasteiger partial charge in [0.25, 0.3) is 0 Å². The molecule has 1 aliphatic rings. The van der Waals surface area contributed by atoms with Crippen molar-refractivity contribution in [3.05, 3.63) is 88.7 Å². The second-order valence-corrected chi connectivity index (χ2v) is 8.61. The van der Waals surface area contributed by atoms with E-state index in [2.05, 4.69) is 0 Å². The molecule has 0 aromatic heterocycles. The monoisotopic (exact) mass is 468 g/mol. The van der Waals surface area contributed by atoms with E-state index in [9.17, 15) is 18.0 Å². The number of aryl methyl sites for hydroxylation is 1. The molecule has 3 aromatic rings. The van der Waals surface area contributed by atoms with Crippen LogP contribution in [0.3, 0.4) is 0 Å². The van der Waals surface area contributed by atoms with Crippen molar-refractivity contribution in [1.29, 1.82) is 0 Å². The van der Waals surface area contributed by atoms with E-state index in [-0.39, 0.29) is 28.9 Å². The van der Waals surface area contributed by atoms with Crippen molar-refractivity contribution >= 4 is 5.97 Å². The van der Waals surface area contributed by atoms with Crippen LogP contribution in [-0.2, 0) is 11.2 Å². The van der Waals surface area contributed by atoms with Crippen LogP contribution in [0.1, 0.15) is 60.0 Å². The third kappa shape index (κ3) is 4.96. The lowest BCUT2D eigenvalue weighted by atomic mass is 9.82. The molecule has 0 spiro atoms. The van der Waals surface area contributed by atoms with Gasteiger partial charge in [0, 0.05) is 5.56 Å². The summed E-state index contributed by atoms with van der Waals surface area (Å²) in [5.41, 5.74) is 2.49. The summed E-state index contributed by atoms with van der Waals surface area (Å²) in [6.45, 7) is 2.04. The summed E-state index contributed by atoms with van der Waals surface area (Å²) < 4.78 is 54.2. The van der Waals surface area contributed by atoms with Gasteiger partial charge in [0.1, 0.15) is 6.10 Å². The lowest BCUT2D eigenvalue weighted by Gasteiger charge is -2.29. The molecule has 0 atom stereocenters. The lowest BCUT2D eigenvalue weighted by Crippen LogP contribution is -2.24. The molecule has 0 heterocycles. The molecule has 34 heavy (non-hydrogen) atoms. The highest BCUT2D eigenvalue weighted by Gasteiger charge is 2.28. The van der Waals surface area contributed by atoms with Crippen molar-refractivity contribution in [2.24, 2.45) is 0 Å². The number of hydrogen-bond donors (Lipinski definition) is 0. The first kappa shape index (κ1) is 23.9. The Kier molecular flexibility index (Phi) is 7.25. The first-order valence-electron chi connectivity index (χ1n) is 11.5. The summed E-state index contributed by atoms with van der Waals surface area (Å²) in [5.74, 6) is -3.00. The van der Waals surface area contributed by atoms with Gasteiger partial charge in [0.05, 0.1) is 12.7 Å². The van der Waals surface area contributed by atoms with Crippen LogP contribution in [0.4, 0.5) is 13.2 Å². The second-order valence-electron chi connectivity index (χ2n) is 8.61. The van der Waals surface area contributed by atoms with E-state index in [1.165, 1.54) is 19.2 Å². The Bertz CT molecular complexity index is 1170. The van der Waals surface area contributed by atoms with E-state index in [0.29, 0.717) is 36.8 Å². The average molecular weight is 469 g/mol. The number of carbonyl (C=O) groups excluding carboxylic acids is 1. The maximum absolute atomic E-state index is 15.0. The second kappa shape index (κ2) is 10.3. The number of methoxy groups -OCH3 is 1. The minimum absolute atomic E-state index is 0.0512. The SMILES string of the molecule is CCc1ccc(-c2ccc(C3CCC(OC(=O)c4ccc(OC)c(F)c4)CC3)c(F)c2F)cc1. The van der Waals surface area contributed by atoms with Crippen LogP contribution >= 0.6 is 0 Å². The van der Waals surface area contributed by atoms with Crippen molar-refractivity contribution in [1.82, 2.24) is 0 Å². The Morgan fingerprint density at radius 2 is 1.62 bits per heavy atom. The molecule has 4 rings (SSSR count). The van der Waals surface area contributed by atoms with Crippen molar-refractivity contribution in [3.63, 3.8) is 0 Å². The van der Waals surface area contributed by atoms with Gasteiger partial charge < -0.3 is 9.47 Å². The minimum Gasteiger partial charge on any atom is -0.494 e. The van der Waals surface area contributed by atoms with Crippen LogP contribution in [-0.4, -0.2) is 19.2 Å². The van der Waals surface area contributed by atoms with Gasteiger partial charge in [-0.3, -0.25) is 0 Å². The average Bonchev–Trinajstić information content (AvgIpc) is 2.86. The predicted octanol–water partition coefficient (Wildman–Crippen LogP) is 7.23. The Morgan fingerprint density at radius 3 is 2.24 bits per heavy atom. The number of halogens is 3. The first-order chi connectivity index (χ1) is 16.4. The van der Waals surface area contributed by atoms with E-state index < -0.39 is 23.4 Å². The summed E-state index contributed by atoms with van der Waals surface area (Å²) >= 11 is 0. The number of carbonyl (C=O) groups is 1. The molecule has 3 nitrogen and oxygen atoms in total. The fraction of sp³-hybridized carbons (Fsp3) is 0.321. The highest BCUT2D eigenvalue weighted by atomic mass is 19.2. The van der Waals surface area contributed by atoms with E-state index in [1.807, 2.05) is 31.2 Å². The number of ether oxygens (including phenoxy) is 2. The molecule has 0 aliphatic heterocycles. The third-order valence-corrected chi connectivity index (χ3v) is 6.56. The summed E-state index contributed by atoms with van der Waals surface area (Å²) in [5, 5.41) is 0. The molecule has 1 fully saturated rings. The largest absolute Gasteiger partial charge is 0.494 e. The van der Waals surface area contributed by atoms with Gasteiger partial charge in [0.2, 0.25) is 0 Å². The molecule has 0 bridgehead atoms. The smallest absolute Gasteiger partial charge is 0.338 e.